The second-order valence-corrected chi connectivity index (χ2v) is 7.25. The standard InChI is InChI=1S/C20H29NO7/c1-5-27-17(24)11-10-15(22)13-6-8-14(9-7-13)18(25)16(23)12-21-19(26)28-20(2,3)4/h6-9,16,18,23,25H,5,10-12H2,1-4H3,(H,21,26). The van der Waals surface area contributed by atoms with Gasteiger partial charge in [0.05, 0.1) is 13.0 Å². The Hall–Kier alpha value is -2.45. The number of carbonyl (C=O) groups is 3. The molecule has 0 bridgehead atoms. The average Bonchev–Trinajstić information content (AvgIpc) is 2.62. The molecule has 0 fully saturated rings. The molecule has 1 aromatic rings. The van der Waals surface area contributed by atoms with Crippen LogP contribution in [0.2, 0.25) is 0 Å². The zero-order valence-corrected chi connectivity index (χ0v) is 16.7. The first-order valence-corrected chi connectivity index (χ1v) is 9.15. The zero-order chi connectivity index (χ0) is 21.3. The van der Waals surface area contributed by atoms with Crippen LogP contribution in [-0.2, 0) is 14.3 Å². The van der Waals surface area contributed by atoms with Gasteiger partial charge in [0.25, 0.3) is 0 Å². The Bertz CT molecular complexity index is 664. The Balaban J connectivity index is 2.56. The number of ketones is 1. The van der Waals surface area contributed by atoms with E-state index in [0.29, 0.717) is 11.1 Å². The maximum Gasteiger partial charge on any atom is 0.407 e. The van der Waals surface area contributed by atoms with Crippen molar-refractivity contribution in [3.63, 3.8) is 0 Å². The number of aliphatic hydroxyl groups is 2. The van der Waals surface area contributed by atoms with Crippen LogP contribution in [0.25, 0.3) is 0 Å². The molecule has 0 radical (unpaired) electrons. The molecule has 0 aliphatic carbocycles. The molecular weight excluding hydrogens is 366 g/mol. The third-order valence-corrected chi connectivity index (χ3v) is 3.65. The van der Waals surface area contributed by atoms with Gasteiger partial charge in [-0.1, -0.05) is 24.3 Å². The van der Waals surface area contributed by atoms with Crippen LogP contribution in [0.4, 0.5) is 4.79 Å². The van der Waals surface area contributed by atoms with Crippen molar-refractivity contribution in [1.29, 1.82) is 0 Å². The lowest BCUT2D eigenvalue weighted by Crippen LogP contribution is -2.38. The van der Waals surface area contributed by atoms with Gasteiger partial charge in [-0.2, -0.15) is 0 Å². The Labute approximate surface area is 164 Å². The van der Waals surface area contributed by atoms with Crippen LogP contribution >= 0.6 is 0 Å². The number of alkyl carbamates (subject to hydrolysis) is 1. The SMILES string of the molecule is CCOC(=O)CCC(=O)c1ccc(C(O)C(O)CNC(=O)OC(C)(C)C)cc1. The molecule has 8 nitrogen and oxygen atoms in total. The summed E-state index contributed by atoms with van der Waals surface area (Å²) >= 11 is 0. The highest BCUT2D eigenvalue weighted by Gasteiger charge is 2.22. The first-order chi connectivity index (χ1) is 13.0. The van der Waals surface area contributed by atoms with E-state index in [4.69, 9.17) is 9.47 Å². The summed E-state index contributed by atoms with van der Waals surface area (Å²) < 4.78 is 9.84. The minimum Gasteiger partial charge on any atom is -0.466 e. The van der Waals surface area contributed by atoms with Gasteiger partial charge in [0.1, 0.15) is 17.8 Å². The molecule has 8 heteroatoms. The van der Waals surface area contributed by atoms with E-state index < -0.39 is 29.9 Å². The number of hydrogen-bond acceptors (Lipinski definition) is 7. The second-order valence-electron chi connectivity index (χ2n) is 7.25. The number of benzene rings is 1. The minimum absolute atomic E-state index is 0.00605. The van der Waals surface area contributed by atoms with Gasteiger partial charge in [0.15, 0.2) is 5.78 Å². The first-order valence-electron chi connectivity index (χ1n) is 9.15. The highest BCUT2D eigenvalue weighted by atomic mass is 16.6. The van der Waals surface area contributed by atoms with Gasteiger partial charge in [-0.25, -0.2) is 4.79 Å². The Morgan fingerprint density at radius 3 is 2.21 bits per heavy atom. The van der Waals surface area contributed by atoms with Crippen LogP contribution in [0.1, 0.15) is 62.6 Å². The summed E-state index contributed by atoms with van der Waals surface area (Å²) in [5.41, 5.74) is 0.116. The maximum atomic E-state index is 12.1. The largest absolute Gasteiger partial charge is 0.466 e. The van der Waals surface area contributed by atoms with Gasteiger partial charge in [0.2, 0.25) is 0 Å². The van der Waals surface area contributed by atoms with Crippen LogP contribution in [0.15, 0.2) is 24.3 Å². The van der Waals surface area contributed by atoms with Crippen LogP contribution in [0.5, 0.6) is 0 Å². The third kappa shape index (κ3) is 8.49. The molecule has 28 heavy (non-hydrogen) atoms. The van der Waals surface area contributed by atoms with Crippen molar-refractivity contribution in [2.75, 3.05) is 13.2 Å². The topological polar surface area (TPSA) is 122 Å². The molecule has 2 unspecified atom stereocenters. The van der Waals surface area contributed by atoms with Gasteiger partial charge in [0, 0.05) is 18.5 Å². The monoisotopic (exact) mass is 395 g/mol. The highest BCUT2D eigenvalue weighted by Crippen LogP contribution is 2.18. The summed E-state index contributed by atoms with van der Waals surface area (Å²) in [6.07, 6.45) is -3.16. The Morgan fingerprint density at radius 2 is 1.68 bits per heavy atom. The number of Topliss-reactive ketones (excluding diaryl/α,β-unsaturated/α-hetero) is 1. The first kappa shape index (κ1) is 23.6. The van der Waals surface area contributed by atoms with Crippen LogP contribution < -0.4 is 5.32 Å². The zero-order valence-electron chi connectivity index (χ0n) is 16.7. The number of nitrogens with one attached hydrogen (secondary N) is 1. The predicted octanol–water partition coefficient (Wildman–Crippen LogP) is 2.13. The summed E-state index contributed by atoms with van der Waals surface area (Å²) in [5, 5.41) is 22.7. The van der Waals surface area contributed by atoms with Gasteiger partial charge in [-0.3, -0.25) is 9.59 Å². The molecule has 156 valence electrons. The quantitative estimate of drug-likeness (QED) is 0.432. The molecular formula is C20H29NO7. The summed E-state index contributed by atoms with van der Waals surface area (Å²) in [6, 6.07) is 6.05. The van der Waals surface area contributed by atoms with Crippen molar-refractivity contribution in [3.8, 4) is 0 Å². The van der Waals surface area contributed by atoms with Crippen molar-refractivity contribution in [2.45, 2.75) is 58.3 Å². The van der Waals surface area contributed by atoms with Crippen molar-refractivity contribution >= 4 is 17.8 Å². The van der Waals surface area contributed by atoms with E-state index >= 15 is 0 Å². The van der Waals surface area contributed by atoms with E-state index in [1.807, 2.05) is 0 Å². The highest BCUT2D eigenvalue weighted by molar-refractivity contribution is 5.97. The molecule has 2 atom stereocenters. The molecule has 0 saturated heterocycles. The number of amides is 1. The van der Waals surface area contributed by atoms with Crippen molar-refractivity contribution < 1.29 is 34.1 Å². The van der Waals surface area contributed by atoms with Crippen molar-refractivity contribution in [2.24, 2.45) is 0 Å². The fraction of sp³-hybridized carbons (Fsp3) is 0.550. The average molecular weight is 395 g/mol. The van der Waals surface area contributed by atoms with E-state index in [1.54, 1.807) is 27.7 Å². The van der Waals surface area contributed by atoms with Crippen LogP contribution in [0, 0.1) is 0 Å². The molecule has 0 spiro atoms. The van der Waals surface area contributed by atoms with Gasteiger partial charge >= 0.3 is 12.1 Å². The normalized spacial score (nSPS) is 13.4. The van der Waals surface area contributed by atoms with Crippen molar-refractivity contribution in [1.82, 2.24) is 5.32 Å². The molecule has 0 aliphatic heterocycles. The lowest BCUT2D eigenvalue weighted by atomic mass is 10.00. The third-order valence-electron chi connectivity index (χ3n) is 3.65. The van der Waals surface area contributed by atoms with Crippen LogP contribution in [-0.4, -0.2) is 52.9 Å². The maximum absolute atomic E-state index is 12.1. The molecule has 0 aromatic heterocycles. The lowest BCUT2D eigenvalue weighted by molar-refractivity contribution is -0.143. The van der Waals surface area contributed by atoms with Crippen molar-refractivity contribution in [3.05, 3.63) is 35.4 Å². The molecule has 0 aliphatic rings. The number of ether oxygens (including phenoxy) is 2. The number of hydrogen-bond donors (Lipinski definition) is 3. The second kappa shape index (κ2) is 10.8. The predicted molar refractivity (Wildman–Crippen MR) is 102 cm³/mol. The minimum atomic E-state index is -1.25. The summed E-state index contributed by atoms with van der Waals surface area (Å²) in [6.45, 7) is 6.91. The molecule has 0 saturated carbocycles. The molecule has 1 aromatic carbocycles. The van der Waals surface area contributed by atoms with E-state index in [-0.39, 0.29) is 31.8 Å². The van der Waals surface area contributed by atoms with Gasteiger partial charge in [-0.05, 0) is 33.3 Å². The van der Waals surface area contributed by atoms with Crippen LogP contribution in [0.3, 0.4) is 0 Å². The fourth-order valence-electron chi connectivity index (χ4n) is 2.30. The molecule has 3 N–H and O–H groups in total. The van der Waals surface area contributed by atoms with E-state index in [2.05, 4.69) is 5.32 Å². The summed E-state index contributed by atoms with van der Waals surface area (Å²) in [5.74, 6) is -0.648. The Kier molecular flexibility index (Phi) is 9.08. The lowest BCUT2D eigenvalue weighted by Gasteiger charge is -2.22. The van der Waals surface area contributed by atoms with E-state index in [1.165, 1.54) is 24.3 Å². The number of esters is 1. The van der Waals surface area contributed by atoms with E-state index in [9.17, 15) is 24.6 Å². The fourth-order valence-corrected chi connectivity index (χ4v) is 2.30. The van der Waals surface area contributed by atoms with E-state index in [0.717, 1.165) is 0 Å². The van der Waals surface area contributed by atoms with Gasteiger partial charge in [-0.15, -0.1) is 0 Å². The summed E-state index contributed by atoms with van der Waals surface area (Å²) in [4.78, 5) is 35.0. The van der Waals surface area contributed by atoms with Gasteiger partial charge < -0.3 is 25.0 Å². The molecule has 1 amide bonds. The summed E-state index contributed by atoms with van der Waals surface area (Å²) in [7, 11) is 0. The number of carbonyl (C=O) groups excluding carboxylic acids is 3. The Morgan fingerprint density at radius 1 is 1.07 bits per heavy atom. The number of aliphatic hydroxyl groups excluding tert-OH is 2. The number of rotatable bonds is 9. The molecule has 0 heterocycles. The molecule has 1 rings (SSSR count). The smallest absolute Gasteiger partial charge is 0.407 e.